The van der Waals surface area contributed by atoms with E-state index in [0.29, 0.717) is 19.0 Å². The first kappa shape index (κ1) is 16.7. The maximum atomic E-state index is 11.7. The summed E-state index contributed by atoms with van der Waals surface area (Å²) in [4.78, 5) is 24.4. The molecule has 1 heterocycles. The van der Waals surface area contributed by atoms with Crippen LogP contribution in [0.5, 0.6) is 0 Å². The molecule has 1 atom stereocenters. The molecule has 0 saturated heterocycles. The van der Waals surface area contributed by atoms with Crippen molar-refractivity contribution in [2.45, 2.75) is 46.1 Å². The van der Waals surface area contributed by atoms with Gasteiger partial charge >= 0.3 is 11.8 Å². The molecule has 1 aromatic heterocycles. The number of thiophene rings is 1. The van der Waals surface area contributed by atoms with Gasteiger partial charge in [0.05, 0.1) is 6.54 Å². The lowest BCUT2D eigenvalue weighted by Gasteiger charge is -2.14. The highest BCUT2D eigenvalue weighted by Gasteiger charge is 2.14. The van der Waals surface area contributed by atoms with Crippen LogP contribution in [0, 0.1) is 5.92 Å². The molecule has 4 nitrogen and oxygen atoms in total. The zero-order valence-electron chi connectivity index (χ0n) is 12.3. The topological polar surface area (TPSA) is 58.2 Å². The molecule has 5 heteroatoms. The summed E-state index contributed by atoms with van der Waals surface area (Å²) in [5.41, 5.74) is 0. The van der Waals surface area contributed by atoms with Crippen LogP contribution in [-0.4, -0.2) is 18.4 Å². The minimum absolute atomic E-state index is 0.414. The zero-order chi connectivity index (χ0) is 14.8. The van der Waals surface area contributed by atoms with E-state index in [1.165, 1.54) is 6.42 Å². The number of carbonyl (C=O) groups excluding carboxylic acids is 2. The summed E-state index contributed by atoms with van der Waals surface area (Å²) in [7, 11) is 0. The number of unbranched alkanes of at least 4 members (excludes halogenated alkanes) is 1. The van der Waals surface area contributed by atoms with E-state index in [4.69, 9.17) is 0 Å². The third-order valence-corrected chi connectivity index (χ3v) is 4.18. The average molecular weight is 296 g/mol. The molecule has 0 aromatic carbocycles. The summed E-state index contributed by atoms with van der Waals surface area (Å²) in [5.74, 6) is -0.621. The Labute approximate surface area is 125 Å². The van der Waals surface area contributed by atoms with E-state index in [1.807, 2.05) is 17.5 Å². The van der Waals surface area contributed by atoms with Gasteiger partial charge in [-0.25, -0.2) is 0 Å². The molecule has 0 aliphatic rings. The molecule has 2 amide bonds. The van der Waals surface area contributed by atoms with E-state index in [2.05, 4.69) is 24.5 Å². The second-order valence-corrected chi connectivity index (χ2v) is 5.92. The van der Waals surface area contributed by atoms with Gasteiger partial charge in [-0.2, -0.15) is 0 Å². The lowest BCUT2D eigenvalue weighted by atomic mass is 9.99. The van der Waals surface area contributed by atoms with Gasteiger partial charge in [-0.1, -0.05) is 39.2 Å². The molecule has 2 N–H and O–H groups in total. The largest absolute Gasteiger partial charge is 0.348 e. The smallest absolute Gasteiger partial charge is 0.309 e. The van der Waals surface area contributed by atoms with Crippen LogP contribution in [0.4, 0.5) is 0 Å². The molecule has 112 valence electrons. The van der Waals surface area contributed by atoms with Gasteiger partial charge in [-0.05, 0) is 23.8 Å². The van der Waals surface area contributed by atoms with E-state index in [0.717, 1.165) is 24.1 Å². The summed E-state index contributed by atoms with van der Waals surface area (Å²) >= 11 is 1.56. The molecule has 1 rings (SSSR count). The third-order valence-electron chi connectivity index (χ3n) is 3.30. The first-order valence-electron chi connectivity index (χ1n) is 7.25. The highest BCUT2D eigenvalue weighted by molar-refractivity contribution is 7.09. The Morgan fingerprint density at radius 2 is 2.00 bits per heavy atom. The van der Waals surface area contributed by atoms with Crippen molar-refractivity contribution in [2.75, 3.05) is 6.54 Å². The first-order chi connectivity index (χ1) is 9.67. The van der Waals surface area contributed by atoms with Gasteiger partial charge in [-0.3, -0.25) is 9.59 Å². The average Bonchev–Trinajstić information content (AvgIpc) is 2.98. The maximum Gasteiger partial charge on any atom is 0.309 e. The van der Waals surface area contributed by atoms with Gasteiger partial charge in [0.15, 0.2) is 0 Å². The van der Waals surface area contributed by atoms with Crippen LogP contribution in [0.15, 0.2) is 17.5 Å². The Hall–Kier alpha value is -1.36. The monoisotopic (exact) mass is 296 g/mol. The number of rotatable bonds is 8. The Morgan fingerprint density at radius 3 is 2.60 bits per heavy atom. The Kier molecular flexibility index (Phi) is 7.95. The van der Waals surface area contributed by atoms with Crippen LogP contribution in [0.25, 0.3) is 0 Å². The molecular formula is C15H24N2O2S. The van der Waals surface area contributed by atoms with Crippen molar-refractivity contribution in [3.05, 3.63) is 22.4 Å². The second-order valence-electron chi connectivity index (χ2n) is 4.89. The van der Waals surface area contributed by atoms with Gasteiger partial charge in [-0.15, -0.1) is 11.3 Å². The second kappa shape index (κ2) is 9.53. The van der Waals surface area contributed by atoms with Crippen molar-refractivity contribution >= 4 is 23.2 Å². The third kappa shape index (κ3) is 6.19. The number of hydrogen-bond donors (Lipinski definition) is 2. The molecule has 0 aliphatic carbocycles. The first-order valence-corrected chi connectivity index (χ1v) is 8.13. The highest BCUT2D eigenvalue weighted by atomic mass is 32.1. The van der Waals surface area contributed by atoms with E-state index in [9.17, 15) is 9.59 Å². The zero-order valence-corrected chi connectivity index (χ0v) is 13.1. The van der Waals surface area contributed by atoms with Crippen LogP contribution in [0.1, 0.15) is 44.4 Å². The van der Waals surface area contributed by atoms with Crippen molar-refractivity contribution in [2.24, 2.45) is 5.92 Å². The molecule has 0 radical (unpaired) electrons. The predicted molar refractivity (Wildman–Crippen MR) is 82.5 cm³/mol. The maximum absolute atomic E-state index is 11.7. The molecular weight excluding hydrogens is 272 g/mol. The van der Waals surface area contributed by atoms with Crippen LogP contribution in [0.2, 0.25) is 0 Å². The van der Waals surface area contributed by atoms with Crippen molar-refractivity contribution in [1.82, 2.24) is 10.6 Å². The lowest BCUT2D eigenvalue weighted by Crippen LogP contribution is -2.41. The minimum Gasteiger partial charge on any atom is -0.348 e. The van der Waals surface area contributed by atoms with Gasteiger partial charge in [0, 0.05) is 11.4 Å². The quantitative estimate of drug-likeness (QED) is 0.725. The van der Waals surface area contributed by atoms with Crippen LogP contribution in [0.3, 0.4) is 0 Å². The van der Waals surface area contributed by atoms with Gasteiger partial charge < -0.3 is 10.6 Å². The number of carbonyl (C=O) groups is 2. The number of nitrogens with one attached hydrogen (secondary N) is 2. The summed E-state index contributed by atoms with van der Waals surface area (Å²) in [6.45, 7) is 5.27. The summed E-state index contributed by atoms with van der Waals surface area (Å²) in [6, 6.07) is 3.85. The molecule has 0 unspecified atom stereocenters. The highest BCUT2D eigenvalue weighted by Crippen LogP contribution is 2.11. The summed E-state index contributed by atoms with van der Waals surface area (Å²) in [5, 5.41) is 7.30. The standard InChI is InChI=1S/C15H24N2O2S/c1-3-5-7-12(4-2)10-16-14(18)15(19)17-11-13-8-6-9-20-13/h6,8-9,12H,3-5,7,10-11H2,1-2H3,(H,16,18)(H,17,19)/t12-/m0/s1. The molecule has 0 saturated carbocycles. The molecule has 0 fully saturated rings. The van der Waals surface area contributed by atoms with Gasteiger partial charge in [0.1, 0.15) is 0 Å². The normalized spacial score (nSPS) is 11.9. The predicted octanol–water partition coefficient (Wildman–Crippen LogP) is 2.70. The molecule has 0 aliphatic heterocycles. The molecule has 0 bridgehead atoms. The van der Waals surface area contributed by atoms with Crippen molar-refractivity contribution in [3.8, 4) is 0 Å². The summed E-state index contributed by atoms with van der Waals surface area (Å²) in [6.07, 6.45) is 4.45. The van der Waals surface area contributed by atoms with Gasteiger partial charge in [0.2, 0.25) is 0 Å². The number of amides is 2. The fourth-order valence-corrected chi connectivity index (χ4v) is 2.57. The van der Waals surface area contributed by atoms with Gasteiger partial charge in [0.25, 0.3) is 0 Å². The van der Waals surface area contributed by atoms with E-state index >= 15 is 0 Å². The van der Waals surface area contributed by atoms with E-state index in [1.54, 1.807) is 11.3 Å². The SMILES string of the molecule is CCCC[C@H](CC)CNC(=O)C(=O)NCc1cccs1. The molecule has 20 heavy (non-hydrogen) atoms. The van der Waals surface area contributed by atoms with Crippen molar-refractivity contribution < 1.29 is 9.59 Å². The molecule has 1 aromatic rings. The van der Waals surface area contributed by atoms with E-state index < -0.39 is 11.8 Å². The number of hydrogen-bond acceptors (Lipinski definition) is 3. The minimum atomic E-state index is -0.552. The Bertz CT molecular complexity index is 404. The lowest BCUT2D eigenvalue weighted by molar-refractivity contribution is -0.139. The fourth-order valence-electron chi connectivity index (χ4n) is 1.92. The van der Waals surface area contributed by atoms with E-state index in [-0.39, 0.29) is 0 Å². The fraction of sp³-hybridized carbons (Fsp3) is 0.600. The Balaban J connectivity index is 2.25. The Morgan fingerprint density at radius 1 is 1.25 bits per heavy atom. The molecule has 0 spiro atoms. The van der Waals surface area contributed by atoms with Crippen LogP contribution >= 0.6 is 11.3 Å². The van der Waals surface area contributed by atoms with Crippen molar-refractivity contribution in [1.29, 1.82) is 0 Å². The van der Waals surface area contributed by atoms with Crippen LogP contribution in [-0.2, 0) is 16.1 Å². The van der Waals surface area contributed by atoms with Crippen molar-refractivity contribution in [3.63, 3.8) is 0 Å². The van der Waals surface area contributed by atoms with Crippen LogP contribution < -0.4 is 10.6 Å². The summed E-state index contributed by atoms with van der Waals surface area (Å²) < 4.78 is 0.